The van der Waals surface area contributed by atoms with Crippen LogP contribution in [-0.4, -0.2) is 24.7 Å². The van der Waals surface area contributed by atoms with Gasteiger partial charge in [-0.2, -0.15) is 0 Å². The van der Waals surface area contributed by atoms with E-state index in [-0.39, 0.29) is 17.5 Å². The summed E-state index contributed by atoms with van der Waals surface area (Å²) < 4.78 is 23.5. The van der Waals surface area contributed by atoms with E-state index in [1.165, 1.54) is 0 Å². The van der Waals surface area contributed by atoms with Crippen LogP contribution in [0.15, 0.2) is 0 Å². The van der Waals surface area contributed by atoms with Crippen LogP contribution in [0.2, 0.25) is 0 Å². The van der Waals surface area contributed by atoms with Crippen molar-refractivity contribution in [3.05, 3.63) is 0 Å². The summed E-state index contributed by atoms with van der Waals surface area (Å²) in [6.07, 6.45) is 1.85. The lowest BCUT2D eigenvalue weighted by molar-refractivity contribution is -0.117. The van der Waals surface area contributed by atoms with Gasteiger partial charge in [0.1, 0.15) is 5.78 Å². The summed E-state index contributed by atoms with van der Waals surface area (Å²) in [4.78, 5) is 10.9. The second kappa shape index (κ2) is 3.78. The Labute approximate surface area is 79.4 Å². The highest BCUT2D eigenvalue weighted by Crippen LogP contribution is 2.26. The van der Waals surface area contributed by atoms with Crippen molar-refractivity contribution in [2.24, 2.45) is 0 Å². The highest BCUT2D eigenvalue weighted by Gasteiger charge is 2.35. The molecule has 0 saturated heterocycles. The number of sulfone groups is 1. The molecule has 1 rings (SSSR count). The topological polar surface area (TPSA) is 51.2 Å². The Morgan fingerprint density at radius 2 is 2.15 bits per heavy atom. The van der Waals surface area contributed by atoms with E-state index in [9.17, 15) is 13.2 Å². The third-order valence-electron chi connectivity index (χ3n) is 2.80. The van der Waals surface area contributed by atoms with Crippen LogP contribution in [-0.2, 0) is 14.6 Å². The lowest BCUT2D eigenvalue weighted by Gasteiger charge is -2.15. The minimum Gasteiger partial charge on any atom is -0.300 e. The molecule has 0 radical (unpaired) electrons. The lowest BCUT2D eigenvalue weighted by Crippen LogP contribution is -2.28. The standard InChI is InChI=1S/C9H16O3S/c1-3-7(2)13(11,12)9-5-4-8(10)6-9/h7,9H,3-6H2,1-2H3. The molecule has 2 unspecified atom stereocenters. The van der Waals surface area contributed by atoms with E-state index in [0.29, 0.717) is 19.3 Å². The van der Waals surface area contributed by atoms with E-state index >= 15 is 0 Å². The maximum Gasteiger partial charge on any atom is 0.156 e. The summed E-state index contributed by atoms with van der Waals surface area (Å²) in [5.41, 5.74) is 0. The van der Waals surface area contributed by atoms with Gasteiger partial charge in [-0.15, -0.1) is 0 Å². The number of Topliss-reactive ketones (excluding diaryl/α,β-unsaturated/α-hetero) is 1. The molecule has 13 heavy (non-hydrogen) atoms. The van der Waals surface area contributed by atoms with Crippen molar-refractivity contribution in [1.82, 2.24) is 0 Å². The van der Waals surface area contributed by atoms with Crippen LogP contribution in [0.4, 0.5) is 0 Å². The SMILES string of the molecule is CCC(C)S(=O)(=O)C1CCC(=O)C1. The van der Waals surface area contributed by atoms with Gasteiger partial charge in [0.25, 0.3) is 0 Å². The minimum atomic E-state index is -3.04. The molecule has 0 bridgehead atoms. The summed E-state index contributed by atoms with van der Waals surface area (Å²) in [6.45, 7) is 3.58. The van der Waals surface area contributed by atoms with Crippen molar-refractivity contribution < 1.29 is 13.2 Å². The van der Waals surface area contributed by atoms with Gasteiger partial charge in [-0.05, 0) is 19.8 Å². The molecule has 0 aliphatic heterocycles. The number of hydrogen-bond donors (Lipinski definition) is 0. The molecule has 1 saturated carbocycles. The van der Waals surface area contributed by atoms with Crippen molar-refractivity contribution in [3.63, 3.8) is 0 Å². The maximum atomic E-state index is 11.8. The molecule has 1 aliphatic rings. The van der Waals surface area contributed by atoms with Gasteiger partial charge >= 0.3 is 0 Å². The van der Waals surface area contributed by atoms with Crippen LogP contribution in [0.25, 0.3) is 0 Å². The predicted molar refractivity (Wildman–Crippen MR) is 51.3 cm³/mol. The molecule has 1 fully saturated rings. The predicted octanol–water partition coefficient (Wildman–Crippen LogP) is 1.32. The second-order valence-corrected chi connectivity index (χ2v) is 6.36. The third kappa shape index (κ3) is 2.10. The van der Waals surface area contributed by atoms with E-state index in [2.05, 4.69) is 0 Å². The quantitative estimate of drug-likeness (QED) is 0.696. The number of hydrogen-bond acceptors (Lipinski definition) is 3. The number of ketones is 1. The summed E-state index contributed by atoms with van der Waals surface area (Å²) in [5, 5.41) is -0.696. The van der Waals surface area contributed by atoms with Crippen molar-refractivity contribution in [2.45, 2.75) is 50.0 Å². The molecule has 2 atom stereocenters. The number of carbonyl (C=O) groups excluding carboxylic acids is 1. The zero-order valence-electron chi connectivity index (χ0n) is 8.12. The Bertz CT molecular complexity index is 292. The normalized spacial score (nSPS) is 26.3. The van der Waals surface area contributed by atoms with Crippen molar-refractivity contribution in [2.75, 3.05) is 0 Å². The zero-order valence-corrected chi connectivity index (χ0v) is 8.93. The highest BCUT2D eigenvalue weighted by atomic mass is 32.2. The third-order valence-corrected chi connectivity index (χ3v) is 5.59. The van der Waals surface area contributed by atoms with E-state index < -0.39 is 15.1 Å². The summed E-state index contributed by atoms with van der Waals surface area (Å²) in [7, 11) is -3.04. The van der Waals surface area contributed by atoms with Crippen LogP contribution in [0, 0.1) is 0 Å². The molecular weight excluding hydrogens is 188 g/mol. The van der Waals surface area contributed by atoms with E-state index in [1.807, 2.05) is 6.92 Å². The Balaban J connectivity index is 2.76. The Morgan fingerprint density at radius 1 is 1.54 bits per heavy atom. The first kappa shape index (κ1) is 10.7. The largest absolute Gasteiger partial charge is 0.300 e. The summed E-state index contributed by atoms with van der Waals surface area (Å²) in [6, 6.07) is 0. The highest BCUT2D eigenvalue weighted by molar-refractivity contribution is 7.92. The molecule has 0 aromatic heterocycles. The smallest absolute Gasteiger partial charge is 0.156 e. The van der Waals surface area contributed by atoms with Gasteiger partial charge in [-0.1, -0.05) is 6.92 Å². The molecule has 0 aromatic carbocycles. The average molecular weight is 204 g/mol. The molecule has 76 valence electrons. The monoisotopic (exact) mass is 204 g/mol. The molecular formula is C9H16O3S. The van der Waals surface area contributed by atoms with E-state index in [0.717, 1.165) is 0 Å². The van der Waals surface area contributed by atoms with Crippen LogP contribution in [0.1, 0.15) is 39.5 Å². The summed E-state index contributed by atoms with van der Waals surface area (Å²) >= 11 is 0. The van der Waals surface area contributed by atoms with Crippen LogP contribution < -0.4 is 0 Å². The van der Waals surface area contributed by atoms with Crippen LogP contribution >= 0.6 is 0 Å². The lowest BCUT2D eigenvalue weighted by atomic mass is 10.3. The molecule has 0 aromatic rings. The minimum absolute atomic E-state index is 0.0943. The average Bonchev–Trinajstić information content (AvgIpc) is 2.50. The number of carbonyl (C=O) groups is 1. The molecule has 1 aliphatic carbocycles. The maximum absolute atomic E-state index is 11.8. The fourth-order valence-corrected chi connectivity index (χ4v) is 3.61. The first-order chi connectivity index (χ1) is 5.98. The van der Waals surface area contributed by atoms with Crippen molar-refractivity contribution >= 4 is 15.6 Å². The van der Waals surface area contributed by atoms with Crippen molar-refractivity contribution in [3.8, 4) is 0 Å². The Hall–Kier alpha value is -0.380. The molecule has 0 heterocycles. The van der Waals surface area contributed by atoms with E-state index in [1.54, 1.807) is 6.92 Å². The first-order valence-electron chi connectivity index (χ1n) is 4.73. The van der Waals surface area contributed by atoms with Crippen LogP contribution in [0.3, 0.4) is 0 Å². The van der Waals surface area contributed by atoms with Gasteiger partial charge in [0.05, 0.1) is 10.5 Å². The molecule has 3 nitrogen and oxygen atoms in total. The molecule has 0 spiro atoms. The van der Waals surface area contributed by atoms with Gasteiger partial charge in [0.2, 0.25) is 0 Å². The zero-order chi connectivity index (χ0) is 10.1. The molecule has 0 N–H and O–H groups in total. The Kier molecular flexibility index (Phi) is 3.11. The van der Waals surface area contributed by atoms with Crippen molar-refractivity contribution in [1.29, 1.82) is 0 Å². The van der Waals surface area contributed by atoms with Gasteiger partial charge in [-0.3, -0.25) is 4.79 Å². The second-order valence-electron chi connectivity index (χ2n) is 3.71. The van der Waals surface area contributed by atoms with Gasteiger partial charge in [-0.25, -0.2) is 8.42 Å². The van der Waals surface area contributed by atoms with Gasteiger partial charge in [0, 0.05) is 12.8 Å². The van der Waals surface area contributed by atoms with Gasteiger partial charge < -0.3 is 0 Å². The number of rotatable bonds is 3. The molecule has 4 heteroatoms. The fraction of sp³-hybridized carbons (Fsp3) is 0.889. The Morgan fingerprint density at radius 3 is 2.54 bits per heavy atom. The molecule has 0 amide bonds. The summed E-state index contributed by atoms with van der Waals surface area (Å²) in [5.74, 6) is 0.0943. The van der Waals surface area contributed by atoms with E-state index in [4.69, 9.17) is 0 Å². The first-order valence-corrected chi connectivity index (χ1v) is 6.33. The fourth-order valence-electron chi connectivity index (χ4n) is 1.62. The van der Waals surface area contributed by atoms with Gasteiger partial charge in [0.15, 0.2) is 9.84 Å². The van der Waals surface area contributed by atoms with Crippen LogP contribution in [0.5, 0.6) is 0 Å².